The fraction of sp³-hybridized carbons (Fsp3) is 0.118. The summed E-state index contributed by atoms with van der Waals surface area (Å²) in [7, 11) is 1.64. The number of allylic oxidation sites excluding steroid dienone is 1. The zero-order valence-electron chi connectivity index (χ0n) is 11.8. The van der Waals surface area contributed by atoms with Crippen LogP contribution in [0.5, 0.6) is 5.75 Å². The number of aliphatic imine (C=N–C) groups is 1. The second-order valence-electron chi connectivity index (χ2n) is 4.46. The Morgan fingerprint density at radius 2 is 1.81 bits per heavy atom. The number of rotatable bonds is 4. The van der Waals surface area contributed by atoms with E-state index < -0.39 is 0 Å². The Morgan fingerprint density at radius 1 is 1.10 bits per heavy atom. The minimum absolute atomic E-state index is 0.694. The average molecular weight is 320 g/mol. The molecule has 0 atom stereocenters. The maximum absolute atomic E-state index is 5.98. The second kappa shape index (κ2) is 7.30. The van der Waals surface area contributed by atoms with E-state index in [-0.39, 0.29) is 0 Å². The molecule has 2 nitrogen and oxygen atoms in total. The number of benzene rings is 2. The number of nitrogens with zero attached hydrogens (tertiary/aromatic N) is 1. The predicted molar refractivity (Wildman–Crippen MR) is 91.2 cm³/mol. The van der Waals surface area contributed by atoms with Gasteiger partial charge in [-0.05, 0) is 61.0 Å². The number of hydrogen-bond donors (Lipinski definition) is 0. The highest BCUT2D eigenvalue weighted by atomic mass is 35.5. The molecule has 0 saturated heterocycles. The molecule has 0 heterocycles. The number of ether oxygens (including phenoxy) is 1. The van der Waals surface area contributed by atoms with Crippen molar-refractivity contribution >= 4 is 41.2 Å². The van der Waals surface area contributed by atoms with Gasteiger partial charge in [0.25, 0.3) is 0 Å². The van der Waals surface area contributed by atoms with Crippen LogP contribution >= 0.6 is 23.2 Å². The van der Waals surface area contributed by atoms with Crippen LogP contribution in [-0.2, 0) is 0 Å². The summed E-state index contributed by atoms with van der Waals surface area (Å²) in [5, 5.41) is 1.39. The normalized spacial score (nSPS) is 11.9. The van der Waals surface area contributed by atoms with Gasteiger partial charge in [-0.2, -0.15) is 0 Å². The first-order valence-corrected chi connectivity index (χ1v) is 7.15. The van der Waals surface area contributed by atoms with E-state index in [1.165, 1.54) is 0 Å². The molecule has 0 aromatic heterocycles. The van der Waals surface area contributed by atoms with Crippen molar-refractivity contribution in [3.63, 3.8) is 0 Å². The Balaban J connectivity index is 2.34. The van der Waals surface area contributed by atoms with Crippen LogP contribution in [0.4, 0.5) is 5.69 Å². The summed E-state index contributed by atoms with van der Waals surface area (Å²) in [6.07, 6.45) is 3.68. The third-order valence-corrected chi connectivity index (χ3v) is 3.19. The van der Waals surface area contributed by atoms with Gasteiger partial charge in [0.1, 0.15) is 5.75 Å². The third-order valence-electron chi connectivity index (χ3n) is 2.83. The molecule has 0 aliphatic carbocycles. The predicted octanol–water partition coefficient (Wildman–Crippen LogP) is 5.70. The van der Waals surface area contributed by atoms with Gasteiger partial charge in [0.05, 0.1) is 12.8 Å². The molecule has 2 rings (SSSR count). The fourth-order valence-corrected chi connectivity index (χ4v) is 2.05. The molecule has 21 heavy (non-hydrogen) atoms. The standard InChI is InChI=1S/C17H15Cl2NO/c1-12(18)9-14-10-17(21-2)8-3-13(14)11-20-16-6-4-15(19)5-7-16/h3-11H,1-2H3/b12-9-,20-11?. The van der Waals surface area contributed by atoms with Crippen molar-refractivity contribution in [1.29, 1.82) is 0 Å². The van der Waals surface area contributed by atoms with Crippen molar-refractivity contribution in [2.75, 3.05) is 7.11 Å². The molecule has 0 bridgehead atoms. The van der Waals surface area contributed by atoms with E-state index in [1.54, 1.807) is 13.3 Å². The first-order chi connectivity index (χ1) is 10.1. The monoisotopic (exact) mass is 319 g/mol. The van der Waals surface area contributed by atoms with Crippen molar-refractivity contribution in [2.45, 2.75) is 6.92 Å². The Bertz CT molecular complexity index is 672. The molecule has 0 fully saturated rings. The van der Waals surface area contributed by atoms with E-state index in [0.29, 0.717) is 10.1 Å². The summed E-state index contributed by atoms with van der Waals surface area (Å²) in [6, 6.07) is 13.1. The van der Waals surface area contributed by atoms with Crippen molar-refractivity contribution in [1.82, 2.24) is 0 Å². The summed E-state index contributed by atoms with van der Waals surface area (Å²) < 4.78 is 5.24. The fourth-order valence-electron chi connectivity index (χ4n) is 1.81. The van der Waals surface area contributed by atoms with E-state index in [9.17, 15) is 0 Å². The molecule has 0 saturated carbocycles. The molecule has 2 aromatic carbocycles. The summed E-state index contributed by atoms with van der Waals surface area (Å²) in [5.74, 6) is 0.780. The van der Waals surface area contributed by atoms with E-state index in [2.05, 4.69) is 4.99 Å². The zero-order valence-corrected chi connectivity index (χ0v) is 13.3. The van der Waals surface area contributed by atoms with E-state index >= 15 is 0 Å². The molecule has 0 aliphatic rings. The van der Waals surface area contributed by atoms with Crippen molar-refractivity contribution in [3.05, 3.63) is 63.6 Å². The molecule has 2 aromatic rings. The minimum Gasteiger partial charge on any atom is -0.497 e. The van der Waals surface area contributed by atoms with Crippen LogP contribution in [0.15, 0.2) is 52.5 Å². The van der Waals surface area contributed by atoms with Crippen molar-refractivity contribution in [2.24, 2.45) is 4.99 Å². The summed E-state index contributed by atoms with van der Waals surface area (Å²) in [6.45, 7) is 1.83. The van der Waals surface area contributed by atoms with Gasteiger partial charge in [0, 0.05) is 21.8 Å². The van der Waals surface area contributed by atoms with Crippen molar-refractivity contribution in [3.8, 4) is 5.75 Å². The lowest BCUT2D eigenvalue weighted by molar-refractivity contribution is 0.414. The third kappa shape index (κ3) is 4.62. The van der Waals surface area contributed by atoms with Crippen LogP contribution in [0.2, 0.25) is 5.02 Å². The second-order valence-corrected chi connectivity index (χ2v) is 5.49. The van der Waals surface area contributed by atoms with E-state index in [4.69, 9.17) is 27.9 Å². The maximum Gasteiger partial charge on any atom is 0.119 e. The molecule has 0 aliphatic heterocycles. The summed E-state index contributed by atoms with van der Waals surface area (Å²) >= 11 is 11.8. The van der Waals surface area contributed by atoms with E-state index in [1.807, 2.05) is 55.5 Å². The highest BCUT2D eigenvalue weighted by molar-refractivity contribution is 6.31. The average Bonchev–Trinajstić information content (AvgIpc) is 2.47. The molecule has 0 radical (unpaired) electrons. The van der Waals surface area contributed by atoms with Gasteiger partial charge >= 0.3 is 0 Å². The van der Waals surface area contributed by atoms with Crippen LogP contribution in [0.3, 0.4) is 0 Å². The highest BCUT2D eigenvalue weighted by Crippen LogP contribution is 2.21. The molecule has 4 heteroatoms. The molecule has 0 N–H and O–H groups in total. The Labute approximate surface area is 134 Å². The Morgan fingerprint density at radius 3 is 2.43 bits per heavy atom. The van der Waals surface area contributed by atoms with Gasteiger partial charge in [-0.1, -0.05) is 23.2 Å². The highest BCUT2D eigenvalue weighted by Gasteiger charge is 2.01. The maximum atomic E-state index is 5.98. The molecule has 108 valence electrons. The number of halogens is 2. The Kier molecular flexibility index (Phi) is 5.43. The van der Waals surface area contributed by atoms with Crippen LogP contribution in [0, 0.1) is 0 Å². The topological polar surface area (TPSA) is 21.6 Å². The Hall–Kier alpha value is -1.77. The van der Waals surface area contributed by atoms with Gasteiger partial charge in [-0.15, -0.1) is 0 Å². The molecule has 0 spiro atoms. The van der Waals surface area contributed by atoms with Crippen LogP contribution < -0.4 is 4.74 Å². The van der Waals surface area contributed by atoms with Gasteiger partial charge in [-0.25, -0.2) is 0 Å². The lowest BCUT2D eigenvalue weighted by Gasteiger charge is -2.05. The van der Waals surface area contributed by atoms with Crippen LogP contribution in [-0.4, -0.2) is 13.3 Å². The molecular weight excluding hydrogens is 305 g/mol. The molecule has 0 unspecified atom stereocenters. The minimum atomic E-state index is 0.694. The summed E-state index contributed by atoms with van der Waals surface area (Å²) in [4.78, 5) is 4.44. The number of methoxy groups -OCH3 is 1. The number of hydrogen-bond acceptors (Lipinski definition) is 2. The van der Waals surface area contributed by atoms with Gasteiger partial charge in [-0.3, -0.25) is 4.99 Å². The van der Waals surface area contributed by atoms with Gasteiger partial charge < -0.3 is 4.74 Å². The van der Waals surface area contributed by atoms with Gasteiger partial charge in [0.15, 0.2) is 0 Å². The summed E-state index contributed by atoms with van der Waals surface area (Å²) in [5.41, 5.74) is 2.76. The first-order valence-electron chi connectivity index (χ1n) is 6.40. The lowest BCUT2D eigenvalue weighted by Crippen LogP contribution is -1.90. The zero-order chi connectivity index (χ0) is 15.2. The first kappa shape index (κ1) is 15.6. The largest absolute Gasteiger partial charge is 0.497 e. The van der Waals surface area contributed by atoms with Gasteiger partial charge in [0.2, 0.25) is 0 Å². The van der Waals surface area contributed by atoms with E-state index in [0.717, 1.165) is 22.6 Å². The van der Waals surface area contributed by atoms with Crippen LogP contribution in [0.25, 0.3) is 6.08 Å². The lowest BCUT2D eigenvalue weighted by atomic mass is 10.1. The SMILES string of the molecule is COc1ccc(C=Nc2ccc(Cl)cc2)c(/C=C(/C)Cl)c1. The molecular formula is C17H15Cl2NO. The smallest absolute Gasteiger partial charge is 0.119 e. The van der Waals surface area contributed by atoms with Crippen LogP contribution in [0.1, 0.15) is 18.1 Å². The molecule has 0 amide bonds. The quantitative estimate of drug-likeness (QED) is 0.662. The van der Waals surface area contributed by atoms with Crippen molar-refractivity contribution < 1.29 is 4.74 Å².